The Morgan fingerprint density at radius 2 is 1.74 bits per heavy atom. The van der Waals surface area contributed by atoms with Crippen LogP contribution in [0, 0.1) is 0 Å². The van der Waals surface area contributed by atoms with E-state index in [0.29, 0.717) is 22.6 Å². The number of benzene rings is 2. The van der Waals surface area contributed by atoms with E-state index in [-0.39, 0.29) is 0 Å². The average Bonchev–Trinajstić information content (AvgIpc) is 2.47. The first kappa shape index (κ1) is 11.3. The molecule has 0 atom stereocenters. The van der Waals surface area contributed by atoms with Gasteiger partial charge in [-0.1, -0.05) is 36.4 Å². The lowest BCUT2D eigenvalue weighted by atomic mass is 10.1. The lowest BCUT2D eigenvalue weighted by molar-refractivity contribution is -0.128. The van der Waals surface area contributed by atoms with Crippen LogP contribution in [0.4, 0.5) is 0 Å². The first-order valence-corrected chi connectivity index (χ1v) is 5.84. The summed E-state index contributed by atoms with van der Waals surface area (Å²) in [5, 5.41) is 0. The minimum absolute atomic E-state index is 0.422. The van der Waals surface area contributed by atoms with Crippen molar-refractivity contribution < 1.29 is 14.4 Å². The molecule has 0 aromatic heterocycles. The molecule has 94 valence electrons. The van der Waals surface area contributed by atoms with Crippen LogP contribution in [0.1, 0.15) is 5.56 Å². The Morgan fingerprint density at radius 3 is 2.58 bits per heavy atom. The largest absolute Gasteiger partial charge is 0.423 e. The van der Waals surface area contributed by atoms with E-state index in [1.54, 1.807) is 18.2 Å². The summed E-state index contributed by atoms with van der Waals surface area (Å²) >= 11 is 0. The summed E-state index contributed by atoms with van der Waals surface area (Å²) in [4.78, 5) is 17.4. The highest BCUT2D eigenvalue weighted by atomic mass is 16.6. The van der Waals surface area contributed by atoms with Crippen LogP contribution in [0.5, 0.6) is 11.5 Å². The lowest BCUT2D eigenvalue weighted by Crippen LogP contribution is -2.22. The second-order valence-corrected chi connectivity index (χ2v) is 3.98. The summed E-state index contributed by atoms with van der Waals surface area (Å²) < 4.78 is 5.31. The van der Waals surface area contributed by atoms with E-state index in [0.717, 1.165) is 0 Å². The van der Waals surface area contributed by atoms with Crippen molar-refractivity contribution in [3.63, 3.8) is 0 Å². The second-order valence-electron chi connectivity index (χ2n) is 3.98. The molecular formula is C15H11NO3. The lowest BCUT2D eigenvalue weighted by Gasteiger charge is -2.17. The fourth-order valence-electron chi connectivity index (χ4n) is 1.83. The van der Waals surface area contributed by atoms with Gasteiger partial charge in [-0.3, -0.25) is 0 Å². The third kappa shape index (κ3) is 2.28. The van der Waals surface area contributed by atoms with Crippen molar-refractivity contribution >= 4 is 11.5 Å². The molecule has 0 unspecified atom stereocenters. The van der Waals surface area contributed by atoms with Crippen LogP contribution in [0.15, 0.2) is 60.8 Å². The Hall–Kier alpha value is -2.75. The predicted octanol–water partition coefficient (Wildman–Crippen LogP) is 2.53. The van der Waals surface area contributed by atoms with Gasteiger partial charge in [0.25, 0.3) is 0 Å². The van der Waals surface area contributed by atoms with Gasteiger partial charge in [-0.2, -0.15) is 0 Å². The van der Waals surface area contributed by atoms with Crippen molar-refractivity contribution in [2.75, 3.05) is 0 Å². The number of rotatable bonds is 2. The van der Waals surface area contributed by atoms with Gasteiger partial charge in [-0.05, 0) is 18.2 Å². The van der Waals surface area contributed by atoms with Crippen LogP contribution in [-0.4, -0.2) is 5.97 Å². The number of nitrogens with one attached hydrogen (secondary N) is 1. The molecule has 1 aliphatic rings. The number of ether oxygens (including phenoxy) is 1. The van der Waals surface area contributed by atoms with Crippen molar-refractivity contribution in [3.8, 4) is 11.5 Å². The van der Waals surface area contributed by atoms with Gasteiger partial charge in [0.2, 0.25) is 0 Å². The topological polar surface area (TPSA) is 47.6 Å². The number of esters is 1. The van der Waals surface area contributed by atoms with Crippen molar-refractivity contribution in [1.82, 2.24) is 5.48 Å². The summed E-state index contributed by atoms with van der Waals surface area (Å²) in [6, 6.07) is 16.2. The smallest absolute Gasteiger partial charge is 0.345 e. The second kappa shape index (κ2) is 4.86. The molecule has 1 N–H and O–H groups in total. The van der Waals surface area contributed by atoms with E-state index in [9.17, 15) is 4.79 Å². The molecule has 4 nitrogen and oxygen atoms in total. The monoisotopic (exact) mass is 253 g/mol. The highest BCUT2D eigenvalue weighted by Crippen LogP contribution is 2.29. The zero-order chi connectivity index (χ0) is 13.1. The van der Waals surface area contributed by atoms with Crippen LogP contribution in [0.3, 0.4) is 0 Å². The van der Waals surface area contributed by atoms with E-state index in [1.807, 2.05) is 36.4 Å². The summed E-state index contributed by atoms with van der Waals surface area (Å²) in [6.45, 7) is 0. The number of carbonyl (C=O) groups excluding carboxylic acids is 1. The Kier molecular flexibility index (Phi) is 2.90. The molecule has 2 aromatic rings. The summed E-state index contributed by atoms with van der Waals surface area (Å²) in [6.07, 6.45) is 1.49. The fraction of sp³-hybridized carbons (Fsp3) is 0. The number of hydrogen-bond acceptors (Lipinski definition) is 4. The highest BCUT2D eigenvalue weighted by Gasteiger charge is 2.21. The molecule has 0 saturated carbocycles. The Bertz CT molecular complexity index is 635. The number of para-hydroxylation sites is 2. The van der Waals surface area contributed by atoms with Gasteiger partial charge in [-0.25, -0.2) is 10.3 Å². The molecule has 4 heteroatoms. The third-order valence-corrected chi connectivity index (χ3v) is 2.72. The molecule has 19 heavy (non-hydrogen) atoms. The van der Waals surface area contributed by atoms with E-state index < -0.39 is 5.97 Å². The normalized spacial score (nSPS) is 12.5. The Balaban J connectivity index is 1.87. The minimum Gasteiger partial charge on any atom is -0.423 e. The summed E-state index contributed by atoms with van der Waals surface area (Å²) in [5.41, 5.74) is 3.74. The first-order valence-electron chi connectivity index (χ1n) is 5.84. The number of carbonyl (C=O) groups is 1. The van der Waals surface area contributed by atoms with Crippen molar-refractivity contribution in [2.24, 2.45) is 0 Å². The fourth-order valence-corrected chi connectivity index (χ4v) is 1.83. The van der Waals surface area contributed by atoms with Gasteiger partial charge in [0.05, 0.1) is 11.8 Å². The van der Waals surface area contributed by atoms with Crippen LogP contribution >= 0.6 is 0 Å². The molecule has 0 radical (unpaired) electrons. The van der Waals surface area contributed by atoms with E-state index >= 15 is 0 Å². The maximum absolute atomic E-state index is 12.1. The van der Waals surface area contributed by atoms with Crippen LogP contribution in [0.25, 0.3) is 5.57 Å². The van der Waals surface area contributed by atoms with Crippen molar-refractivity contribution in [3.05, 3.63) is 66.4 Å². The average molecular weight is 253 g/mol. The Labute approximate surface area is 110 Å². The molecule has 2 aromatic carbocycles. The SMILES string of the molecule is O=C(Oc1ccccc1)C1=CNOc2ccccc21. The first-order chi connectivity index (χ1) is 9.34. The summed E-state index contributed by atoms with van der Waals surface area (Å²) in [7, 11) is 0. The zero-order valence-corrected chi connectivity index (χ0v) is 10.00. The number of hydrogen-bond donors (Lipinski definition) is 1. The van der Waals surface area contributed by atoms with Crippen LogP contribution < -0.4 is 15.1 Å². The highest BCUT2D eigenvalue weighted by molar-refractivity contribution is 6.18. The van der Waals surface area contributed by atoms with Gasteiger partial charge in [0, 0.05) is 5.56 Å². The van der Waals surface area contributed by atoms with Gasteiger partial charge < -0.3 is 9.57 Å². The summed E-state index contributed by atoms with van der Waals surface area (Å²) in [5.74, 6) is 0.692. The molecule has 1 aliphatic heterocycles. The van der Waals surface area contributed by atoms with Crippen LogP contribution in [0.2, 0.25) is 0 Å². The molecule has 0 fully saturated rings. The molecule has 0 amide bonds. The van der Waals surface area contributed by atoms with E-state index in [2.05, 4.69) is 5.48 Å². The molecule has 3 rings (SSSR count). The van der Waals surface area contributed by atoms with E-state index in [4.69, 9.17) is 9.57 Å². The van der Waals surface area contributed by atoms with E-state index in [1.165, 1.54) is 6.20 Å². The zero-order valence-electron chi connectivity index (χ0n) is 10.00. The molecule has 0 spiro atoms. The van der Waals surface area contributed by atoms with Gasteiger partial charge in [0.1, 0.15) is 5.75 Å². The standard InChI is InChI=1S/C15H11NO3/c17-15(18-11-6-2-1-3-7-11)13-10-16-19-14-9-5-4-8-12(13)14/h1-10,16H. The minimum atomic E-state index is -0.422. The third-order valence-electron chi connectivity index (χ3n) is 2.72. The Morgan fingerprint density at radius 1 is 1.00 bits per heavy atom. The predicted molar refractivity (Wildman–Crippen MR) is 70.3 cm³/mol. The quantitative estimate of drug-likeness (QED) is 0.660. The number of hydroxylamine groups is 1. The van der Waals surface area contributed by atoms with Gasteiger partial charge >= 0.3 is 5.97 Å². The molecule has 0 saturated heterocycles. The maximum Gasteiger partial charge on any atom is 0.345 e. The molecule has 1 heterocycles. The van der Waals surface area contributed by atoms with Crippen molar-refractivity contribution in [1.29, 1.82) is 0 Å². The molecular weight excluding hydrogens is 242 g/mol. The van der Waals surface area contributed by atoms with Crippen LogP contribution in [-0.2, 0) is 4.79 Å². The van der Waals surface area contributed by atoms with Gasteiger partial charge in [-0.15, -0.1) is 0 Å². The van der Waals surface area contributed by atoms with Gasteiger partial charge in [0.15, 0.2) is 5.75 Å². The number of fused-ring (bicyclic) bond motifs is 1. The molecule has 0 aliphatic carbocycles. The maximum atomic E-state index is 12.1. The molecule has 0 bridgehead atoms. The van der Waals surface area contributed by atoms with Crippen molar-refractivity contribution in [2.45, 2.75) is 0 Å².